The van der Waals surface area contributed by atoms with E-state index in [1.54, 1.807) is 6.20 Å². The van der Waals surface area contributed by atoms with Gasteiger partial charge in [-0.05, 0) is 5.92 Å². The number of hydrazine groups is 1. The average Bonchev–Trinajstić information content (AvgIpc) is 2.81. The molecule has 0 unspecified atom stereocenters. The number of nitrogen functional groups attached to an aromatic ring is 1. The molecule has 0 aliphatic carbocycles. The Bertz CT molecular complexity index is 463. The van der Waals surface area contributed by atoms with Gasteiger partial charge in [-0.3, -0.25) is 0 Å². The van der Waals surface area contributed by atoms with Crippen LogP contribution in [0, 0.1) is 0 Å². The Balaban J connectivity index is 2.49. The van der Waals surface area contributed by atoms with E-state index in [4.69, 9.17) is 5.84 Å². The highest BCUT2D eigenvalue weighted by atomic mass is 15.3. The van der Waals surface area contributed by atoms with Crippen LogP contribution in [0.3, 0.4) is 0 Å². The minimum Gasteiger partial charge on any atom is -0.308 e. The first-order valence-corrected chi connectivity index (χ1v) is 4.92. The van der Waals surface area contributed by atoms with Crippen molar-refractivity contribution >= 4 is 5.82 Å². The summed E-state index contributed by atoms with van der Waals surface area (Å²) in [5, 5.41) is 10.2. The molecule has 0 saturated heterocycles. The van der Waals surface area contributed by atoms with Crippen LogP contribution in [-0.2, 0) is 0 Å². The van der Waals surface area contributed by atoms with Crippen LogP contribution >= 0.6 is 0 Å². The molecule has 0 aliphatic rings. The van der Waals surface area contributed by atoms with Crippen molar-refractivity contribution in [2.45, 2.75) is 19.8 Å². The van der Waals surface area contributed by atoms with E-state index in [0.717, 1.165) is 5.69 Å². The number of hydrogen-bond donors (Lipinski definition) is 3. The molecule has 0 atom stereocenters. The van der Waals surface area contributed by atoms with E-state index in [1.807, 2.05) is 6.07 Å². The maximum atomic E-state index is 5.36. The molecule has 7 nitrogen and oxygen atoms in total. The molecule has 2 aromatic rings. The first-order valence-electron chi connectivity index (χ1n) is 4.92. The maximum Gasteiger partial charge on any atom is 0.184 e. The standard InChI is InChI=1S/C9H13N7/c1-5(2)6-3-8(14-10)13-9(12-6)7-4-11-16-15-7/h3-5H,10H2,1-2H3,(H,11,15,16)(H,12,13,14). The zero-order chi connectivity index (χ0) is 11.5. The number of aromatic amines is 1. The molecule has 7 heteroatoms. The van der Waals surface area contributed by atoms with Crippen LogP contribution in [0.15, 0.2) is 12.3 Å². The number of aromatic nitrogens is 5. The first kappa shape index (κ1) is 10.5. The smallest absolute Gasteiger partial charge is 0.184 e. The summed E-state index contributed by atoms with van der Waals surface area (Å²) in [6.07, 6.45) is 1.57. The van der Waals surface area contributed by atoms with Crippen molar-refractivity contribution in [2.75, 3.05) is 5.43 Å². The number of nitrogens with two attached hydrogens (primary N) is 1. The maximum absolute atomic E-state index is 5.36. The highest BCUT2D eigenvalue weighted by Crippen LogP contribution is 2.19. The lowest BCUT2D eigenvalue weighted by atomic mass is 10.1. The lowest BCUT2D eigenvalue weighted by molar-refractivity contribution is 0.815. The van der Waals surface area contributed by atoms with Crippen LogP contribution in [0.2, 0.25) is 0 Å². The average molecular weight is 219 g/mol. The second-order valence-corrected chi connectivity index (χ2v) is 3.66. The predicted molar refractivity (Wildman–Crippen MR) is 59.3 cm³/mol. The fraction of sp³-hybridized carbons (Fsp3) is 0.333. The third-order valence-electron chi connectivity index (χ3n) is 2.13. The number of hydrogen-bond acceptors (Lipinski definition) is 6. The highest BCUT2D eigenvalue weighted by molar-refractivity contribution is 5.51. The fourth-order valence-corrected chi connectivity index (χ4v) is 1.26. The third kappa shape index (κ3) is 1.98. The van der Waals surface area contributed by atoms with Crippen molar-refractivity contribution in [1.29, 1.82) is 0 Å². The van der Waals surface area contributed by atoms with Crippen molar-refractivity contribution in [2.24, 2.45) is 5.84 Å². The molecule has 0 fully saturated rings. The molecule has 4 N–H and O–H groups in total. The molecule has 16 heavy (non-hydrogen) atoms. The Kier molecular flexibility index (Phi) is 2.78. The van der Waals surface area contributed by atoms with E-state index in [1.165, 1.54) is 0 Å². The van der Waals surface area contributed by atoms with E-state index in [-0.39, 0.29) is 0 Å². The number of rotatable bonds is 3. The fourth-order valence-electron chi connectivity index (χ4n) is 1.26. The second kappa shape index (κ2) is 4.23. The number of nitrogens with zero attached hydrogens (tertiary/aromatic N) is 4. The molecule has 2 aromatic heterocycles. The quantitative estimate of drug-likeness (QED) is 0.517. The molecular formula is C9H13N7. The summed E-state index contributed by atoms with van der Waals surface area (Å²) in [5.74, 6) is 6.72. The van der Waals surface area contributed by atoms with Gasteiger partial charge in [-0.2, -0.15) is 15.4 Å². The molecule has 0 aromatic carbocycles. The second-order valence-electron chi connectivity index (χ2n) is 3.66. The summed E-state index contributed by atoms with van der Waals surface area (Å²) in [6, 6.07) is 1.81. The summed E-state index contributed by atoms with van der Waals surface area (Å²) >= 11 is 0. The van der Waals surface area contributed by atoms with Gasteiger partial charge in [-0.15, -0.1) is 0 Å². The SMILES string of the molecule is CC(C)c1cc(NN)nc(-c2cn[nH]n2)n1. The van der Waals surface area contributed by atoms with Gasteiger partial charge in [0.25, 0.3) is 0 Å². The number of H-pyrrole nitrogens is 1. The Morgan fingerprint density at radius 3 is 2.75 bits per heavy atom. The van der Waals surface area contributed by atoms with Crippen LogP contribution in [0.4, 0.5) is 5.82 Å². The molecule has 0 bridgehead atoms. The number of nitrogens with one attached hydrogen (secondary N) is 2. The minimum absolute atomic E-state index is 0.292. The van der Waals surface area contributed by atoms with Gasteiger partial charge in [0, 0.05) is 11.8 Å². The zero-order valence-corrected chi connectivity index (χ0v) is 9.10. The van der Waals surface area contributed by atoms with Gasteiger partial charge in [0.05, 0.1) is 6.20 Å². The van der Waals surface area contributed by atoms with Gasteiger partial charge < -0.3 is 5.43 Å². The van der Waals surface area contributed by atoms with E-state index in [2.05, 4.69) is 44.7 Å². The van der Waals surface area contributed by atoms with Crippen LogP contribution in [-0.4, -0.2) is 25.4 Å². The molecule has 0 aliphatic heterocycles. The molecule has 0 spiro atoms. The Morgan fingerprint density at radius 2 is 2.19 bits per heavy atom. The summed E-state index contributed by atoms with van der Waals surface area (Å²) in [5.41, 5.74) is 4.02. The molecule has 2 heterocycles. The molecule has 0 saturated carbocycles. The summed E-state index contributed by atoms with van der Waals surface area (Å²) < 4.78 is 0. The van der Waals surface area contributed by atoms with Crippen LogP contribution in [0.25, 0.3) is 11.5 Å². The summed E-state index contributed by atoms with van der Waals surface area (Å²) in [6.45, 7) is 4.10. The predicted octanol–water partition coefficient (Wildman–Crippen LogP) is 0.671. The van der Waals surface area contributed by atoms with Crippen molar-refractivity contribution in [1.82, 2.24) is 25.4 Å². The molecule has 0 radical (unpaired) electrons. The van der Waals surface area contributed by atoms with Gasteiger partial charge in [0.15, 0.2) is 5.82 Å². The monoisotopic (exact) mass is 219 g/mol. The van der Waals surface area contributed by atoms with Crippen molar-refractivity contribution in [3.05, 3.63) is 18.0 Å². The van der Waals surface area contributed by atoms with E-state index in [0.29, 0.717) is 23.3 Å². The summed E-state index contributed by atoms with van der Waals surface area (Å²) in [4.78, 5) is 8.60. The number of anilines is 1. The van der Waals surface area contributed by atoms with E-state index >= 15 is 0 Å². The van der Waals surface area contributed by atoms with E-state index < -0.39 is 0 Å². The molecule has 2 rings (SSSR count). The lowest BCUT2D eigenvalue weighted by Gasteiger charge is -2.08. The topological polar surface area (TPSA) is 105 Å². The Hall–Kier alpha value is -2.02. The van der Waals surface area contributed by atoms with Crippen LogP contribution in [0.1, 0.15) is 25.5 Å². The molecule has 0 amide bonds. The largest absolute Gasteiger partial charge is 0.308 e. The Labute approximate surface area is 92.5 Å². The Morgan fingerprint density at radius 1 is 1.38 bits per heavy atom. The minimum atomic E-state index is 0.292. The van der Waals surface area contributed by atoms with Crippen molar-refractivity contribution in [3.63, 3.8) is 0 Å². The van der Waals surface area contributed by atoms with Crippen molar-refractivity contribution in [3.8, 4) is 11.5 Å². The normalized spacial score (nSPS) is 10.8. The van der Waals surface area contributed by atoms with Crippen molar-refractivity contribution < 1.29 is 0 Å². The molecule has 84 valence electrons. The van der Waals surface area contributed by atoms with Gasteiger partial charge in [-0.25, -0.2) is 15.8 Å². The summed E-state index contributed by atoms with van der Waals surface area (Å²) in [7, 11) is 0. The van der Waals surface area contributed by atoms with Gasteiger partial charge >= 0.3 is 0 Å². The first-order chi connectivity index (χ1) is 7.70. The lowest BCUT2D eigenvalue weighted by Crippen LogP contribution is -2.11. The third-order valence-corrected chi connectivity index (χ3v) is 2.13. The van der Waals surface area contributed by atoms with E-state index in [9.17, 15) is 0 Å². The van der Waals surface area contributed by atoms with Gasteiger partial charge in [-0.1, -0.05) is 13.8 Å². The molecular weight excluding hydrogens is 206 g/mol. The van der Waals surface area contributed by atoms with Gasteiger partial charge in [0.2, 0.25) is 0 Å². The van der Waals surface area contributed by atoms with Crippen LogP contribution < -0.4 is 11.3 Å². The van der Waals surface area contributed by atoms with Gasteiger partial charge in [0.1, 0.15) is 11.5 Å². The van der Waals surface area contributed by atoms with Crippen LogP contribution in [0.5, 0.6) is 0 Å². The highest BCUT2D eigenvalue weighted by Gasteiger charge is 2.10. The zero-order valence-electron chi connectivity index (χ0n) is 9.10.